The van der Waals surface area contributed by atoms with Gasteiger partial charge in [0, 0.05) is 26.8 Å². The third-order valence-corrected chi connectivity index (χ3v) is 2.57. The van der Waals surface area contributed by atoms with Gasteiger partial charge in [-0.15, -0.1) is 0 Å². The summed E-state index contributed by atoms with van der Waals surface area (Å²) < 4.78 is 10.8. The fraction of sp³-hybridized carbons (Fsp3) is 0.600. The Morgan fingerprint density at radius 3 is 2.63 bits per heavy atom. The van der Waals surface area contributed by atoms with E-state index < -0.39 is 0 Å². The van der Waals surface area contributed by atoms with Crippen LogP contribution in [0.15, 0.2) is 24.3 Å². The van der Waals surface area contributed by atoms with Crippen LogP contribution in [-0.2, 0) is 4.74 Å². The molecule has 0 unspecified atom stereocenters. The summed E-state index contributed by atoms with van der Waals surface area (Å²) >= 11 is 0. The number of hydrogen-bond donors (Lipinski definition) is 2. The molecule has 1 rings (SSSR count). The fourth-order valence-electron chi connectivity index (χ4n) is 1.72. The van der Waals surface area contributed by atoms with Gasteiger partial charge in [0.25, 0.3) is 0 Å². The molecule has 0 aliphatic rings. The molecule has 0 spiro atoms. The Hall–Kier alpha value is -1.26. The molecular weight excluding hydrogens is 240 g/mol. The van der Waals surface area contributed by atoms with Gasteiger partial charge in [-0.2, -0.15) is 0 Å². The van der Waals surface area contributed by atoms with Crippen LogP contribution in [0.3, 0.4) is 0 Å². The second-order valence-corrected chi connectivity index (χ2v) is 4.69. The first-order valence-electron chi connectivity index (χ1n) is 6.93. The molecule has 0 amide bonds. The van der Waals surface area contributed by atoms with Crippen molar-refractivity contribution in [1.82, 2.24) is 5.32 Å². The van der Waals surface area contributed by atoms with Crippen molar-refractivity contribution in [2.45, 2.75) is 26.4 Å². The third kappa shape index (κ3) is 7.03. The number of rotatable bonds is 10. The standard InChI is InChI=1S/C15H26N2O2/c1-13(2)19-15-8-5-4-7-14(15)17-11-10-16-9-6-12-18-3/h4-5,7-8,13,16-17H,6,9-12H2,1-3H3. The van der Waals surface area contributed by atoms with Crippen molar-refractivity contribution in [2.75, 3.05) is 38.7 Å². The smallest absolute Gasteiger partial charge is 0.142 e. The van der Waals surface area contributed by atoms with E-state index in [1.54, 1.807) is 7.11 Å². The van der Waals surface area contributed by atoms with Gasteiger partial charge in [0.05, 0.1) is 11.8 Å². The van der Waals surface area contributed by atoms with Crippen molar-refractivity contribution in [3.8, 4) is 5.75 Å². The molecule has 4 heteroatoms. The molecule has 0 heterocycles. The predicted molar refractivity (Wildman–Crippen MR) is 80.1 cm³/mol. The average molecular weight is 266 g/mol. The minimum Gasteiger partial charge on any atom is -0.489 e. The van der Waals surface area contributed by atoms with E-state index in [0.29, 0.717) is 0 Å². The molecule has 0 atom stereocenters. The normalized spacial score (nSPS) is 10.7. The Kier molecular flexibility index (Phi) is 8.02. The van der Waals surface area contributed by atoms with Gasteiger partial charge >= 0.3 is 0 Å². The van der Waals surface area contributed by atoms with Gasteiger partial charge in [-0.1, -0.05) is 12.1 Å². The Labute approximate surface area is 116 Å². The number of nitrogens with one attached hydrogen (secondary N) is 2. The van der Waals surface area contributed by atoms with Crippen LogP contribution in [-0.4, -0.2) is 39.5 Å². The summed E-state index contributed by atoms with van der Waals surface area (Å²) in [6.07, 6.45) is 1.24. The highest BCUT2D eigenvalue weighted by Gasteiger charge is 2.03. The largest absolute Gasteiger partial charge is 0.489 e. The maximum Gasteiger partial charge on any atom is 0.142 e. The van der Waals surface area contributed by atoms with Gasteiger partial charge < -0.3 is 20.1 Å². The maximum atomic E-state index is 5.76. The number of methoxy groups -OCH3 is 1. The minimum absolute atomic E-state index is 0.190. The van der Waals surface area contributed by atoms with E-state index >= 15 is 0 Å². The highest BCUT2D eigenvalue weighted by atomic mass is 16.5. The van der Waals surface area contributed by atoms with Crippen molar-refractivity contribution < 1.29 is 9.47 Å². The van der Waals surface area contributed by atoms with E-state index in [-0.39, 0.29) is 6.10 Å². The lowest BCUT2D eigenvalue weighted by Gasteiger charge is -2.15. The number of benzene rings is 1. The van der Waals surface area contributed by atoms with Gasteiger partial charge in [0.1, 0.15) is 5.75 Å². The molecule has 4 nitrogen and oxygen atoms in total. The zero-order valence-electron chi connectivity index (χ0n) is 12.2. The molecule has 0 radical (unpaired) electrons. The SMILES string of the molecule is COCCCNCCNc1ccccc1OC(C)C. The molecule has 1 aromatic rings. The summed E-state index contributed by atoms with van der Waals surface area (Å²) in [7, 11) is 1.73. The molecule has 0 aliphatic heterocycles. The average Bonchev–Trinajstić information content (AvgIpc) is 2.39. The molecular formula is C15H26N2O2. The summed E-state index contributed by atoms with van der Waals surface area (Å²) in [6.45, 7) is 7.68. The van der Waals surface area contributed by atoms with Crippen LogP contribution in [0.4, 0.5) is 5.69 Å². The first-order chi connectivity index (χ1) is 9.24. The Morgan fingerprint density at radius 1 is 1.11 bits per heavy atom. The summed E-state index contributed by atoms with van der Waals surface area (Å²) in [5.41, 5.74) is 1.05. The van der Waals surface area contributed by atoms with E-state index in [2.05, 4.69) is 10.6 Å². The molecule has 19 heavy (non-hydrogen) atoms. The van der Waals surface area contributed by atoms with Crippen molar-refractivity contribution in [1.29, 1.82) is 0 Å². The Bertz CT molecular complexity index is 343. The van der Waals surface area contributed by atoms with Gasteiger partial charge in [-0.3, -0.25) is 0 Å². The zero-order valence-corrected chi connectivity index (χ0v) is 12.2. The van der Waals surface area contributed by atoms with Crippen molar-refractivity contribution in [2.24, 2.45) is 0 Å². The Morgan fingerprint density at radius 2 is 1.89 bits per heavy atom. The topological polar surface area (TPSA) is 42.5 Å². The van der Waals surface area contributed by atoms with Crippen LogP contribution >= 0.6 is 0 Å². The lowest BCUT2D eigenvalue weighted by Crippen LogP contribution is -2.24. The number of para-hydroxylation sites is 2. The summed E-state index contributed by atoms with van der Waals surface area (Å²) in [5.74, 6) is 0.914. The molecule has 1 aromatic carbocycles. The number of hydrogen-bond acceptors (Lipinski definition) is 4. The number of ether oxygens (including phenoxy) is 2. The molecule has 2 N–H and O–H groups in total. The maximum absolute atomic E-state index is 5.76. The van der Waals surface area contributed by atoms with Crippen LogP contribution in [0.1, 0.15) is 20.3 Å². The van der Waals surface area contributed by atoms with E-state index in [9.17, 15) is 0 Å². The van der Waals surface area contributed by atoms with Crippen LogP contribution < -0.4 is 15.4 Å². The van der Waals surface area contributed by atoms with E-state index in [4.69, 9.17) is 9.47 Å². The number of anilines is 1. The summed E-state index contributed by atoms with van der Waals surface area (Å²) in [6, 6.07) is 8.05. The first-order valence-corrected chi connectivity index (χ1v) is 6.93. The van der Waals surface area contributed by atoms with Gasteiger partial charge in [-0.05, 0) is 38.9 Å². The lowest BCUT2D eigenvalue weighted by atomic mass is 10.3. The van der Waals surface area contributed by atoms with Crippen LogP contribution in [0.2, 0.25) is 0 Å². The van der Waals surface area contributed by atoms with E-state index in [1.807, 2.05) is 38.1 Å². The molecule has 0 aliphatic carbocycles. The quantitative estimate of drug-likeness (QED) is 0.639. The molecule has 0 bridgehead atoms. The summed E-state index contributed by atoms with van der Waals surface area (Å²) in [4.78, 5) is 0. The monoisotopic (exact) mass is 266 g/mol. The van der Waals surface area contributed by atoms with E-state index in [0.717, 1.165) is 44.1 Å². The van der Waals surface area contributed by atoms with Crippen molar-refractivity contribution in [3.63, 3.8) is 0 Å². The van der Waals surface area contributed by atoms with Crippen molar-refractivity contribution >= 4 is 5.69 Å². The highest BCUT2D eigenvalue weighted by molar-refractivity contribution is 5.56. The summed E-state index contributed by atoms with van der Waals surface area (Å²) in [5, 5.41) is 6.76. The minimum atomic E-state index is 0.190. The molecule has 0 saturated carbocycles. The second kappa shape index (κ2) is 9.64. The predicted octanol–water partition coefficient (Wildman–Crippen LogP) is 2.51. The van der Waals surface area contributed by atoms with Gasteiger partial charge in [-0.25, -0.2) is 0 Å². The fourth-order valence-corrected chi connectivity index (χ4v) is 1.72. The molecule has 0 fully saturated rings. The molecule has 0 saturated heterocycles. The lowest BCUT2D eigenvalue weighted by molar-refractivity contribution is 0.194. The second-order valence-electron chi connectivity index (χ2n) is 4.69. The van der Waals surface area contributed by atoms with Crippen LogP contribution in [0.25, 0.3) is 0 Å². The van der Waals surface area contributed by atoms with Crippen LogP contribution in [0, 0.1) is 0 Å². The highest BCUT2D eigenvalue weighted by Crippen LogP contribution is 2.24. The van der Waals surface area contributed by atoms with E-state index in [1.165, 1.54) is 0 Å². The molecule has 0 aromatic heterocycles. The molecule has 108 valence electrons. The van der Waals surface area contributed by atoms with Crippen LogP contribution in [0.5, 0.6) is 5.75 Å². The third-order valence-electron chi connectivity index (χ3n) is 2.57. The first kappa shape index (κ1) is 15.8. The van der Waals surface area contributed by atoms with Gasteiger partial charge in [0.2, 0.25) is 0 Å². The Balaban J connectivity index is 2.25. The van der Waals surface area contributed by atoms with Gasteiger partial charge in [0.15, 0.2) is 0 Å². The van der Waals surface area contributed by atoms with Crippen molar-refractivity contribution in [3.05, 3.63) is 24.3 Å². The zero-order chi connectivity index (χ0) is 13.9.